The van der Waals surface area contributed by atoms with Gasteiger partial charge in [-0.1, -0.05) is 0 Å². The van der Waals surface area contributed by atoms with E-state index in [1.165, 1.54) is 10.9 Å². The molecule has 10 heteroatoms. The van der Waals surface area contributed by atoms with Gasteiger partial charge in [0.25, 0.3) is 12.0 Å². The second kappa shape index (κ2) is 7.25. The lowest BCUT2D eigenvalue weighted by atomic mass is 9.96. The van der Waals surface area contributed by atoms with Crippen LogP contribution in [0.2, 0.25) is 0 Å². The summed E-state index contributed by atoms with van der Waals surface area (Å²) in [6.07, 6.45) is 2.02. The quantitative estimate of drug-likeness (QED) is 0.680. The molecule has 1 aliphatic rings. The smallest absolute Gasteiger partial charge is 0.280 e. The lowest BCUT2D eigenvalue weighted by molar-refractivity contribution is 0.145. The third-order valence-corrected chi connectivity index (χ3v) is 5.18. The van der Waals surface area contributed by atoms with Gasteiger partial charge in [0.2, 0.25) is 0 Å². The van der Waals surface area contributed by atoms with Crippen molar-refractivity contribution < 1.29 is 8.78 Å². The summed E-state index contributed by atoms with van der Waals surface area (Å²) in [4.78, 5) is 27.0. The van der Waals surface area contributed by atoms with Crippen LogP contribution in [0.5, 0.6) is 0 Å². The molecule has 148 valence electrons. The van der Waals surface area contributed by atoms with Gasteiger partial charge in [-0.05, 0) is 25.7 Å². The number of halogens is 2. The van der Waals surface area contributed by atoms with Crippen LogP contribution in [0.25, 0.3) is 11.0 Å². The van der Waals surface area contributed by atoms with Crippen LogP contribution in [0, 0.1) is 12.8 Å². The van der Waals surface area contributed by atoms with Crippen LogP contribution in [0.4, 0.5) is 14.6 Å². The molecule has 0 aliphatic carbocycles. The maximum absolute atomic E-state index is 12.7. The topological polar surface area (TPSA) is 81.7 Å². The molecule has 0 bridgehead atoms. The molecule has 0 atom stereocenters. The number of alkyl halides is 2. The van der Waals surface area contributed by atoms with E-state index < -0.39 is 17.7 Å². The fourth-order valence-electron chi connectivity index (χ4n) is 3.66. The summed E-state index contributed by atoms with van der Waals surface area (Å²) in [5.41, 5.74) is -0.103. The van der Waals surface area contributed by atoms with Crippen LogP contribution in [0.1, 0.15) is 30.8 Å². The van der Waals surface area contributed by atoms with Crippen LogP contribution in [-0.2, 0) is 13.6 Å². The van der Waals surface area contributed by atoms with E-state index in [9.17, 15) is 13.6 Å². The third-order valence-electron chi connectivity index (χ3n) is 5.18. The first-order valence-corrected chi connectivity index (χ1v) is 9.18. The Morgan fingerprint density at radius 1 is 1.25 bits per heavy atom. The van der Waals surface area contributed by atoms with Crippen LogP contribution in [0.15, 0.2) is 23.4 Å². The van der Waals surface area contributed by atoms with E-state index in [-0.39, 0.29) is 5.92 Å². The molecule has 3 aromatic heterocycles. The fourth-order valence-corrected chi connectivity index (χ4v) is 3.66. The minimum Gasteiger partial charge on any atom is -0.356 e. The highest BCUT2D eigenvalue weighted by Gasteiger charge is 2.24. The first kappa shape index (κ1) is 18.5. The van der Waals surface area contributed by atoms with E-state index in [2.05, 4.69) is 25.0 Å². The second-order valence-corrected chi connectivity index (χ2v) is 7.14. The molecule has 4 rings (SSSR count). The number of anilines is 1. The molecule has 1 aliphatic heterocycles. The molecule has 3 aromatic rings. The van der Waals surface area contributed by atoms with Crippen molar-refractivity contribution >= 4 is 16.9 Å². The van der Waals surface area contributed by atoms with E-state index in [1.807, 2.05) is 14.0 Å². The maximum Gasteiger partial charge on any atom is 0.280 e. The molecule has 4 heterocycles. The fraction of sp³-hybridized carbons (Fsp3) is 0.500. The number of hydrogen-bond donors (Lipinski definition) is 0. The summed E-state index contributed by atoms with van der Waals surface area (Å²) in [6, 6.07) is 0.919. The molecular weight excluding hydrogens is 368 g/mol. The van der Waals surface area contributed by atoms with Gasteiger partial charge in [-0.15, -0.1) is 0 Å². The van der Waals surface area contributed by atoms with Crippen LogP contribution in [0.3, 0.4) is 0 Å². The Hall–Kier alpha value is -2.91. The van der Waals surface area contributed by atoms with Gasteiger partial charge in [-0.3, -0.25) is 14.0 Å². The van der Waals surface area contributed by atoms with Gasteiger partial charge >= 0.3 is 0 Å². The minimum absolute atomic E-state index is 0.278. The normalized spacial score (nSPS) is 15.7. The number of aryl methyl sites for hydroxylation is 2. The van der Waals surface area contributed by atoms with Crippen molar-refractivity contribution in [2.45, 2.75) is 32.7 Å². The highest BCUT2D eigenvalue weighted by Crippen LogP contribution is 2.28. The van der Waals surface area contributed by atoms with E-state index in [0.29, 0.717) is 12.4 Å². The van der Waals surface area contributed by atoms with Crippen molar-refractivity contribution in [3.8, 4) is 0 Å². The zero-order valence-corrected chi connectivity index (χ0v) is 15.7. The van der Waals surface area contributed by atoms with Gasteiger partial charge < -0.3 is 4.90 Å². The van der Waals surface area contributed by atoms with Gasteiger partial charge in [-0.25, -0.2) is 23.7 Å². The number of hydrogen-bond acceptors (Lipinski definition) is 6. The molecule has 0 spiro atoms. The van der Waals surface area contributed by atoms with Crippen molar-refractivity contribution in [1.82, 2.24) is 29.3 Å². The molecule has 0 N–H and O–H groups in total. The summed E-state index contributed by atoms with van der Waals surface area (Å²) in [5.74, 6) is 1.86. The van der Waals surface area contributed by atoms with Gasteiger partial charge in [0, 0.05) is 32.7 Å². The minimum atomic E-state index is -2.73. The average molecular weight is 389 g/mol. The molecule has 1 saturated heterocycles. The van der Waals surface area contributed by atoms with Crippen LogP contribution in [-0.4, -0.2) is 42.4 Å². The maximum atomic E-state index is 12.7. The average Bonchev–Trinajstić information content (AvgIpc) is 3.04. The summed E-state index contributed by atoms with van der Waals surface area (Å²) >= 11 is 0. The number of piperidine rings is 1. The number of fused-ring (bicyclic) bond motifs is 1. The van der Waals surface area contributed by atoms with E-state index in [4.69, 9.17) is 0 Å². The molecule has 0 amide bonds. The molecular formula is C18H21F2N7O. The molecule has 28 heavy (non-hydrogen) atoms. The first-order valence-electron chi connectivity index (χ1n) is 9.18. The monoisotopic (exact) mass is 389 g/mol. The summed E-state index contributed by atoms with van der Waals surface area (Å²) in [5, 5.41) is 5.21. The van der Waals surface area contributed by atoms with Gasteiger partial charge in [0.05, 0.1) is 17.9 Å². The Balaban J connectivity index is 1.46. The first-order chi connectivity index (χ1) is 13.4. The predicted octanol–water partition coefficient (Wildman–Crippen LogP) is 2.08. The zero-order chi connectivity index (χ0) is 19.8. The number of aromatic nitrogens is 6. The van der Waals surface area contributed by atoms with Crippen molar-refractivity contribution in [2.24, 2.45) is 13.0 Å². The Morgan fingerprint density at radius 3 is 2.68 bits per heavy atom. The highest BCUT2D eigenvalue weighted by molar-refractivity contribution is 5.87. The Labute approximate surface area is 159 Å². The Morgan fingerprint density at radius 2 is 2.00 bits per heavy atom. The second-order valence-electron chi connectivity index (χ2n) is 7.14. The van der Waals surface area contributed by atoms with Gasteiger partial charge in [0.1, 0.15) is 17.3 Å². The molecule has 0 unspecified atom stereocenters. The van der Waals surface area contributed by atoms with Crippen molar-refractivity contribution in [1.29, 1.82) is 0 Å². The molecule has 0 saturated carbocycles. The van der Waals surface area contributed by atoms with Gasteiger partial charge in [0.15, 0.2) is 5.65 Å². The summed E-state index contributed by atoms with van der Waals surface area (Å²) < 4.78 is 28.5. The van der Waals surface area contributed by atoms with Gasteiger partial charge in [-0.2, -0.15) is 5.10 Å². The SMILES string of the molecule is Cc1nc(N2CCC(Cn3cnc(C(F)F)cc3=O)CC2)c2cnn(C)c2n1. The lowest BCUT2D eigenvalue weighted by Gasteiger charge is -2.33. The van der Waals surface area contributed by atoms with Crippen molar-refractivity contribution in [2.75, 3.05) is 18.0 Å². The lowest BCUT2D eigenvalue weighted by Crippen LogP contribution is -2.37. The van der Waals surface area contributed by atoms with Crippen molar-refractivity contribution in [3.05, 3.63) is 40.5 Å². The predicted molar refractivity (Wildman–Crippen MR) is 99.4 cm³/mol. The molecule has 1 fully saturated rings. The van der Waals surface area contributed by atoms with E-state index >= 15 is 0 Å². The zero-order valence-electron chi connectivity index (χ0n) is 15.7. The number of rotatable bonds is 4. The molecule has 8 nitrogen and oxygen atoms in total. The highest BCUT2D eigenvalue weighted by atomic mass is 19.3. The van der Waals surface area contributed by atoms with E-state index in [0.717, 1.165) is 48.8 Å². The summed E-state index contributed by atoms with van der Waals surface area (Å²) in [6.45, 7) is 3.93. The van der Waals surface area contributed by atoms with Crippen LogP contribution < -0.4 is 10.5 Å². The Bertz CT molecular complexity index is 1050. The summed E-state index contributed by atoms with van der Waals surface area (Å²) in [7, 11) is 1.86. The number of nitrogens with zero attached hydrogens (tertiary/aromatic N) is 7. The largest absolute Gasteiger partial charge is 0.356 e. The molecule has 0 radical (unpaired) electrons. The van der Waals surface area contributed by atoms with E-state index in [1.54, 1.807) is 10.9 Å². The van der Waals surface area contributed by atoms with Crippen LogP contribution >= 0.6 is 0 Å². The Kier molecular flexibility index (Phi) is 4.78. The standard InChI is InChI=1S/C18H21F2N7O/c1-11-23-17-13(8-22-25(17)2)18(24-11)26-5-3-12(4-6-26)9-27-10-21-14(16(19)20)7-15(27)28/h7-8,10,12,16H,3-6,9H2,1-2H3. The van der Waals surface area contributed by atoms with Crippen molar-refractivity contribution in [3.63, 3.8) is 0 Å². The molecule has 0 aromatic carbocycles. The third kappa shape index (κ3) is 3.46.